The molecule has 1 atom stereocenters. The van der Waals surface area contributed by atoms with Gasteiger partial charge in [0.05, 0.1) is 22.8 Å². The van der Waals surface area contributed by atoms with Crippen LogP contribution < -0.4 is 9.64 Å². The van der Waals surface area contributed by atoms with E-state index < -0.39 is 50.5 Å². The average Bonchev–Trinajstić information content (AvgIpc) is 2.96. The van der Waals surface area contributed by atoms with Gasteiger partial charge in [-0.3, -0.25) is 9.69 Å². The minimum atomic E-state index is -4.70. The highest BCUT2D eigenvalue weighted by atomic mass is 32.2. The predicted octanol–water partition coefficient (Wildman–Crippen LogP) is 5.92. The molecular weight excluding hydrogens is 619 g/mol. The molecule has 46 heavy (non-hydrogen) atoms. The zero-order valence-electron chi connectivity index (χ0n) is 27.0. The van der Waals surface area contributed by atoms with E-state index in [1.54, 1.807) is 18.2 Å². The number of carbonyl (C=O) groups is 1. The number of sulfonamides is 1. The quantitative estimate of drug-likeness (QED) is 0.405. The Hall–Kier alpha value is -3.09. The number of piperidine rings is 1. The zero-order chi connectivity index (χ0) is 33.4. The Bertz CT molecular complexity index is 1700. The summed E-state index contributed by atoms with van der Waals surface area (Å²) in [6.07, 6.45) is 2.34. The molecule has 0 amide bonds. The van der Waals surface area contributed by atoms with Crippen LogP contribution in [0.4, 0.5) is 18.9 Å². The van der Waals surface area contributed by atoms with Crippen molar-refractivity contribution in [2.75, 3.05) is 43.4 Å². The van der Waals surface area contributed by atoms with E-state index in [4.69, 9.17) is 4.74 Å². The number of nitrogens with zero attached hydrogens (tertiary/aromatic N) is 3. The van der Waals surface area contributed by atoms with Crippen molar-refractivity contribution in [2.24, 2.45) is 5.92 Å². The average molecular weight is 662 g/mol. The van der Waals surface area contributed by atoms with Crippen LogP contribution in [-0.2, 0) is 21.2 Å². The lowest BCUT2D eigenvalue weighted by atomic mass is 9.71. The van der Waals surface area contributed by atoms with E-state index in [9.17, 15) is 18.3 Å². The van der Waals surface area contributed by atoms with Crippen molar-refractivity contribution >= 4 is 27.3 Å². The Morgan fingerprint density at radius 1 is 1.07 bits per heavy atom. The second kappa shape index (κ2) is 11.3. The molecular formula is C34H42F3N3O5S. The van der Waals surface area contributed by atoms with Crippen molar-refractivity contribution in [3.63, 3.8) is 0 Å². The first-order valence-electron chi connectivity index (χ1n) is 16.1. The molecule has 8 nitrogen and oxygen atoms in total. The van der Waals surface area contributed by atoms with E-state index in [1.807, 2.05) is 40.7 Å². The van der Waals surface area contributed by atoms with Crippen molar-refractivity contribution in [1.29, 1.82) is 0 Å². The molecule has 0 spiro atoms. The van der Waals surface area contributed by atoms with Gasteiger partial charge in [0, 0.05) is 54.6 Å². The Morgan fingerprint density at radius 2 is 1.76 bits per heavy atom. The van der Waals surface area contributed by atoms with Crippen LogP contribution >= 0.6 is 0 Å². The summed E-state index contributed by atoms with van der Waals surface area (Å²) in [5.74, 6) is -1.65. The molecule has 1 saturated heterocycles. The smallest absolute Gasteiger partial charge is 0.417 e. The van der Waals surface area contributed by atoms with Crippen LogP contribution in [0.2, 0.25) is 0 Å². The molecule has 0 radical (unpaired) electrons. The van der Waals surface area contributed by atoms with Crippen molar-refractivity contribution < 1.29 is 36.2 Å². The molecule has 4 aliphatic heterocycles. The van der Waals surface area contributed by atoms with Gasteiger partial charge in [-0.1, -0.05) is 13.0 Å². The maximum Gasteiger partial charge on any atom is 0.417 e. The van der Waals surface area contributed by atoms with E-state index >= 15 is 13.2 Å². The van der Waals surface area contributed by atoms with Crippen LogP contribution in [-0.4, -0.2) is 84.4 Å². The highest BCUT2D eigenvalue weighted by Crippen LogP contribution is 2.54. The SMILES string of the molecule is CCN1CCCc2cc3c(cc21)OC1=CC2(C)C(=CC1=C3C(F)(F)F)C(CS(=O)(=O)N1CCC(C(=O)O)CC1)=CC(C)(C)N2CC. The number of aliphatic carboxylic acids is 1. The summed E-state index contributed by atoms with van der Waals surface area (Å²) in [6.45, 7) is 12.1. The highest BCUT2D eigenvalue weighted by Gasteiger charge is 2.51. The van der Waals surface area contributed by atoms with Gasteiger partial charge in [0.25, 0.3) is 0 Å². The predicted molar refractivity (Wildman–Crippen MR) is 171 cm³/mol. The molecule has 5 aliphatic rings. The lowest BCUT2D eigenvalue weighted by Crippen LogP contribution is -2.60. The molecule has 1 aliphatic carbocycles. The van der Waals surface area contributed by atoms with Gasteiger partial charge in [-0.2, -0.15) is 13.2 Å². The van der Waals surface area contributed by atoms with Gasteiger partial charge in [-0.05, 0) is 94.9 Å². The van der Waals surface area contributed by atoms with E-state index in [0.29, 0.717) is 24.1 Å². The van der Waals surface area contributed by atoms with Crippen molar-refractivity contribution in [3.8, 4) is 5.75 Å². The molecule has 6 rings (SSSR count). The second-order valence-electron chi connectivity index (χ2n) is 13.6. The fourth-order valence-corrected chi connectivity index (χ4v) is 9.85. The van der Waals surface area contributed by atoms with Crippen LogP contribution in [0, 0.1) is 5.92 Å². The van der Waals surface area contributed by atoms with Crippen molar-refractivity contribution in [3.05, 3.63) is 64.0 Å². The lowest BCUT2D eigenvalue weighted by Gasteiger charge is -2.54. The third-order valence-corrected chi connectivity index (χ3v) is 12.1. The van der Waals surface area contributed by atoms with Crippen LogP contribution in [0.3, 0.4) is 0 Å². The Labute approximate surface area is 268 Å². The first kappa shape index (κ1) is 32.8. The molecule has 12 heteroatoms. The van der Waals surface area contributed by atoms with Gasteiger partial charge in [0.15, 0.2) is 0 Å². The third-order valence-electron chi connectivity index (χ3n) is 10.3. The number of carboxylic acid groups (broad SMARTS) is 1. The minimum Gasteiger partial charge on any atom is -0.481 e. The maximum absolute atomic E-state index is 15.1. The first-order valence-corrected chi connectivity index (χ1v) is 17.7. The summed E-state index contributed by atoms with van der Waals surface area (Å²) >= 11 is 0. The van der Waals surface area contributed by atoms with E-state index in [0.717, 1.165) is 30.8 Å². The molecule has 1 aromatic carbocycles. The van der Waals surface area contributed by atoms with E-state index in [-0.39, 0.29) is 48.6 Å². The summed E-state index contributed by atoms with van der Waals surface area (Å²) in [5.41, 5.74) is 0.192. The van der Waals surface area contributed by atoms with Crippen LogP contribution in [0.1, 0.15) is 65.0 Å². The number of benzene rings is 1. The minimum absolute atomic E-state index is 0.000236. The second-order valence-corrected chi connectivity index (χ2v) is 15.6. The summed E-state index contributed by atoms with van der Waals surface area (Å²) in [4.78, 5) is 15.7. The van der Waals surface area contributed by atoms with Crippen LogP contribution in [0.25, 0.3) is 5.57 Å². The Kier molecular flexibility index (Phi) is 8.04. The number of likely N-dealkylation sites (N-methyl/N-ethyl adjacent to an activating group) is 1. The number of fused-ring (bicyclic) bond motifs is 4. The Morgan fingerprint density at radius 3 is 2.37 bits per heavy atom. The van der Waals surface area contributed by atoms with Gasteiger partial charge < -0.3 is 14.7 Å². The normalized spacial score (nSPS) is 25.4. The molecule has 0 bridgehead atoms. The van der Waals surface area contributed by atoms with Gasteiger partial charge in [0.1, 0.15) is 11.5 Å². The number of ether oxygens (including phenoxy) is 1. The molecule has 1 N–H and O–H groups in total. The summed E-state index contributed by atoms with van der Waals surface area (Å²) < 4.78 is 80.6. The molecule has 0 saturated carbocycles. The van der Waals surface area contributed by atoms with Crippen LogP contribution in [0.15, 0.2) is 52.8 Å². The topological polar surface area (TPSA) is 90.4 Å². The molecule has 1 unspecified atom stereocenters. The largest absolute Gasteiger partial charge is 0.481 e. The Balaban J connectivity index is 1.49. The van der Waals surface area contributed by atoms with Gasteiger partial charge in [0.2, 0.25) is 10.0 Å². The monoisotopic (exact) mass is 661 g/mol. The number of hydrogen-bond acceptors (Lipinski definition) is 6. The number of alkyl halides is 3. The lowest BCUT2D eigenvalue weighted by molar-refractivity contribution is -0.142. The number of rotatable bonds is 6. The number of halogens is 3. The fourth-order valence-electron chi connectivity index (χ4n) is 8.26. The van der Waals surface area contributed by atoms with Crippen LogP contribution in [0.5, 0.6) is 5.75 Å². The van der Waals surface area contributed by atoms with E-state index in [1.165, 1.54) is 10.4 Å². The van der Waals surface area contributed by atoms with Gasteiger partial charge >= 0.3 is 12.1 Å². The molecule has 0 aromatic heterocycles. The number of allylic oxidation sites excluding steroid dienone is 2. The number of anilines is 1. The van der Waals surface area contributed by atoms with E-state index in [2.05, 4.69) is 9.80 Å². The fraction of sp³-hybridized carbons (Fsp3) is 0.559. The number of carboxylic acids is 1. The zero-order valence-corrected chi connectivity index (χ0v) is 27.8. The standard InChI is InChI=1S/C34H42F3N3O5S/c1-6-38-12-8-9-22-15-24-28(17-27(22)38)45-29-19-33(5)26(16-25(29)30(24)34(35,36)37)23(18-32(3,4)40(33)7-2)20-46(43,44)39-13-10-21(11-14-39)31(41)42/h15-19,21H,6-14,20H2,1-5H3,(H,41,42). The number of aryl methyl sites for hydroxylation is 1. The van der Waals surface area contributed by atoms with Gasteiger partial charge in [-0.25, -0.2) is 12.7 Å². The summed E-state index contributed by atoms with van der Waals surface area (Å²) in [7, 11) is -3.90. The van der Waals surface area contributed by atoms with Crippen molar-refractivity contribution in [1.82, 2.24) is 9.21 Å². The molecule has 1 aromatic rings. The summed E-state index contributed by atoms with van der Waals surface area (Å²) in [5, 5.41) is 9.38. The third kappa shape index (κ3) is 5.39. The van der Waals surface area contributed by atoms with Gasteiger partial charge in [-0.15, -0.1) is 0 Å². The molecule has 4 heterocycles. The number of hydrogen-bond donors (Lipinski definition) is 1. The molecule has 1 fully saturated rings. The highest BCUT2D eigenvalue weighted by molar-refractivity contribution is 7.89. The maximum atomic E-state index is 15.1. The molecule has 250 valence electrons. The first-order chi connectivity index (χ1) is 21.5. The summed E-state index contributed by atoms with van der Waals surface area (Å²) in [6, 6.07) is 3.36. The van der Waals surface area contributed by atoms with Crippen molar-refractivity contribution in [2.45, 2.75) is 77.6 Å².